The van der Waals surface area contributed by atoms with Crippen LogP contribution in [0.15, 0.2) is 35.3 Å². The van der Waals surface area contributed by atoms with Crippen LogP contribution in [0, 0.1) is 0 Å². The number of aromatic amines is 2. The summed E-state index contributed by atoms with van der Waals surface area (Å²) in [6.07, 6.45) is 1.38. The van der Waals surface area contributed by atoms with Crippen LogP contribution in [0.5, 0.6) is 0 Å². The van der Waals surface area contributed by atoms with Gasteiger partial charge in [-0.05, 0) is 18.2 Å². The average Bonchev–Trinajstić information content (AvgIpc) is 2.77. The molecule has 0 aliphatic rings. The molecule has 3 aromatic rings. The van der Waals surface area contributed by atoms with Crippen molar-refractivity contribution in [2.24, 2.45) is 0 Å². The molecule has 1 aromatic carbocycles. The van der Waals surface area contributed by atoms with Gasteiger partial charge in [-0.1, -0.05) is 6.07 Å². The number of imidazole rings is 1. The Bertz CT molecular complexity index is 834. The monoisotopic (exact) mass is 256 g/mol. The van der Waals surface area contributed by atoms with Crippen molar-refractivity contribution >= 4 is 17.0 Å². The van der Waals surface area contributed by atoms with Gasteiger partial charge in [0.05, 0.1) is 16.7 Å². The molecule has 0 amide bonds. The van der Waals surface area contributed by atoms with Crippen molar-refractivity contribution in [2.75, 3.05) is 0 Å². The van der Waals surface area contributed by atoms with Crippen LogP contribution in [-0.2, 0) is 0 Å². The number of nitrogens with zero attached hydrogens (tertiary/aromatic N) is 2. The van der Waals surface area contributed by atoms with E-state index in [1.165, 1.54) is 6.20 Å². The van der Waals surface area contributed by atoms with Gasteiger partial charge in [0, 0.05) is 11.8 Å². The molecule has 0 saturated heterocycles. The lowest BCUT2D eigenvalue weighted by Gasteiger charge is -2.01. The van der Waals surface area contributed by atoms with Crippen molar-refractivity contribution in [3.05, 3.63) is 46.8 Å². The highest BCUT2D eigenvalue weighted by Crippen LogP contribution is 2.20. The van der Waals surface area contributed by atoms with Crippen molar-refractivity contribution in [1.82, 2.24) is 19.9 Å². The van der Waals surface area contributed by atoms with Crippen LogP contribution in [0.4, 0.5) is 0 Å². The minimum atomic E-state index is -1.18. The number of hydrogen-bond acceptors (Lipinski definition) is 4. The topological polar surface area (TPSA) is 112 Å². The standard InChI is InChI=1S/C12H8N4O3/c17-11(18)10-13-4-3-7(14-10)6-1-2-8-9(5-6)16-12(19)15-8/h1-5H,(H,17,18)(H2,15,16,19). The van der Waals surface area contributed by atoms with Crippen molar-refractivity contribution in [2.45, 2.75) is 0 Å². The third-order valence-corrected chi connectivity index (χ3v) is 2.66. The zero-order valence-electron chi connectivity index (χ0n) is 9.54. The molecule has 0 saturated carbocycles. The van der Waals surface area contributed by atoms with E-state index in [2.05, 4.69) is 19.9 Å². The van der Waals surface area contributed by atoms with Crippen LogP contribution in [0.25, 0.3) is 22.3 Å². The average molecular weight is 256 g/mol. The molecular weight excluding hydrogens is 248 g/mol. The third-order valence-electron chi connectivity index (χ3n) is 2.66. The first-order valence-corrected chi connectivity index (χ1v) is 5.42. The van der Waals surface area contributed by atoms with Crippen LogP contribution in [0.2, 0.25) is 0 Å². The largest absolute Gasteiger partial charge is 0.475 e. The second kappa shape index (κ2) is 4.05. The van der Waals surface area contributed by atoms with E-state index in [4.69, 9.17) is 5.11 Å². The third kappa shape index (κ3) is 1.97. The summed E-state index contributed by atoms with van der Waals surface area (Å²) in [7, 11) is 0. The number of nitrogens with one attached hydrogen (secondary N) is 2. The van der Waals surface area contributed by atoms with E-state index in [0.717, 1.165) is 0 Å². The highest BCUT2D eigenvalue weighted by atomic mass is 16.4. The van der Waals surface area contributed by atoms with Gasteiger partial charge in [0.2, 0.25) is 5.82 Å². The highest BCUT2D eigenvalue weighted by Gasteiger charge is 2.09. The maximum atomic E-state index is 11.2. The fraction of sp³-hybridized carbons (Fsp3) is 0. The van der Waals surface area contributed by atoms with Gasteiger partial charge in [-0.2, -0.15) is 0 Å². The van der Waals surface area contributed by atoms with Gasteiger partial charge in [0.15, 0.2) is 0 Å². The fourth-order valence-electron chi connectivity index (χ4n) is 1.81. The van der Waals surface area contributed by atoms with E-state index in [-0.39, 0.29) is 11.5 Å². The Kier molecular flexibility index (Phi) is 2.38. The summed E-state index contributed by atoms with van der Waals surface area (Å²) in [6, 6.07) is 6.81. The molecule has 0 aliphatic carbocycles. The molecule has 0 unspecified atom stereocenters. The van der Waals surface area contributed by atoms with Crippen LogP contribution in [0.1, 0.15) is 10.6 Å². The van der Waals surface area contributed by atoms with Gasteiger partial charge in [0.1, 0.15) is 0 Å². The number of benzene rings is 1. The lowest BCUT2D eigenvalue weighted by molar-refractivity contribution is 0.0683. The van der Waals surface area contributed by atoms with E-state index in [1.807, 2.05) is 0 Å². The van der Waals surface area contributed by atoms with E-state index < -0.39 is 5.97 Å². The van der Waals surface area contributed by atoms with Crippen molar-refractivity contribution in [3.8, 4) is 11.3 Å². The van der Waals surface area contributed by atoms with Gasteiger partial charge in [-0.3, -0.25) is 0 Å². The first kappa shape index (κ1) is 11.1. The minimum absolute atomic E-state index is 0.264. The molecule has 0 bridgehead atoms. The number of aromatic nitrogens is 4. The molecule has 0 aliphatic heterocycles. The van der Waals surface area contributed by atoms with Crippen LogP contribution in [-0.4, -0.2) is 31.0 Å². The lowest BCUT2D eigenvalue weighted by Crippen LogP contribution is -2.04. The Morgan fingerprint density at radius 1 is 1.16 bits per heavy atom. The van der Waals surface area contributed by atoms with Gasteiger partial charge >= 0.3 is 11.7 Å². The number of H-pyrrole nitrogens is 2. The SMILES string of the molecule is O=C(O)c1nccc(-c2ccc3[nH]c(=O)[nH]c3c2)n1. The number of carboxylic acids is 1. The molecule has 0 spiro atoms. The fourth-order valence-corrected chi connectivity index (χ4v) is 1.81. The van der Waals surface area contributed by atoms with E-state index in [0.29, 0.717) is 22.3 Å². The molecule has 7 nitrogen and oxygen atoms in total. The van der Waals surface area contributed by atoms with E-state index in [9.17, 15) is 9.59 Å². The molecule has 7 heteroatoms. The minimum Gasteiger partial charge on any atom is -0.475 e. The Morgan fingerprint density at radius 2 is 1.95 bits per heavy atom. The van der Waals surface area contributed by atoms with Crippen LogP contribution < -0.4 is 5.69 Å². The van der Waals surface area contributed by atoms with Gasteiger partial charge < -0.3 is 15.1 Å². The Hall–Kier alpha value is -2.96. The molecule has 2 heterocycles. The maximum absolute atomic E-state index is 11.2. The number of hydrogen-bond donors (Lipinski definition) is 3. The highest BCUT2D eigenvalue weighted by molar-refractivity contribution is 5.84. The Morgan fingerprint density at radius 3 is 2.74 bits per heavy atom. The van der Waals surface area contributed by atoms with Crippen LogP contribution >= 0.6 is 0 Å². The molecule has 2 aromatic heterocycles. The zero-order valence-corrected chi connectivity index (χ0v) is 9.54. The Balaban J connectivity index is 2.15. The molecule has 0 fully saturated rings. The molecule has 94 valence electrons. The number of fused-ring (bicyclic) bond motifs is 1. The molecule has 0 atom stereocenters. The predicted molar refractivity (Wildman–Crippen MR) is 66.9 cm³/mol. The summed E-state index contributed by atoms with van der Waals surface area (Å²) in [5.74, 6) is -1.45. The Labute approximate surface area is 106 Å². The maximum Gasteiger partial charge on any atom is 0.373 e. The number of rotatable bonds is 2. The number of aromatic carboxylic acids is 1. The molecule has 19 heavy (non-hydrogen) atoms. The molecule has 0 radical (unpaired) electrons. The molecular formula is C12H8N4O3. The predicted octanol–water partition coefficient (Wildman–Crippen LogP) is 1.01. The van der Waals surface area contributed by atoms with Crippen molar-refractivity contribution in [1.29, 1.82) is 0 Å². The second-order valence-electron chi connectivity index (χ2n) is 3.91. The summed E-state index contributed by atoms with van der Waals surface area (Å²) < 4.78 is 0. The number of carboxylic acid groups (broad SMARTS) is 1. The van der Waals surface area contributed by atoms with Gasteiger partial charge in [-0.15, -0.1) is 0 Å². The summed E-state index contributed by atoms with van der Waals surface area (Å²) in [4.78, 5) is 34.9. The zero-order chi connectivity index (χ0) is 13.4. The first-order valence-electron chi connectivity index (χ1n) is 5.42. The van der Waals surface area contributed by atoms with E-state index in [1.54, 1.807) is 24.3 Å². The molecule has 3 N–H and O–H groups in total. The summed E-state index contributed by atoms with van der Waals surface area (Å²) in [5, 5.41) is 8.85. The van der Waals surface area contributed by atoms with Crippen molar-refractivity contribution in [3.63, 3.8) is 0 Å². The number of carbonyl (C=O) groups is 1. The van der Waals surface area contributed by atoms with Crippen molar-refractivity contribution < 1.29 is 9.90 Å². The summed E-state index contributed by atoms with van der Waals surface area (Å²) >= 11 is 0. The normalized spacial score (nSPS) is 10.7. The smallest absolute Gasteiger partial charge is 0.373 e. The summed E-state index contributed by atoms with van der Waals surface area (Å²) in [5.41, 5.74) is 2.21. The quantitative estimate of drug-likeness (QED) is 0.633. The summed E-state index contributed by atoms with van der Waals surface area (Å²) in [6.45, 7) is 0. The van der Waals surface area contributed by atoms with Crippen LogP contribution in [0.3, 0.4) is 0 Å². The molecule has 3 rings (SSSR count). The first-order chi connectivity index (χ1) is 9.13. The lowest BCUT2D eigenvalue weighted by atomic mass is 10.1. The van der Waals surface area contributed by atoms with Gasteiger partial charge in [-0.25, -0.2) is 19.6 Å². The van der Waals surface area contributed by atoms with E-state index >= 15 is 0 Å². The van der Waals surface area contributed by atoms with Gasteiger partial charge in [0.25, 0.3) is 0 Å². The second-order valence-corrected chi connectivity index (χ2v) is 3.91.